The number of ether oxygens (including phenoxy) is 1. The number of hydrogen-bond donors (Lipinski definition) is 1. The Hall–Kier alpha value is -4.06. The molecule has 0 saturated heterocycles. The average molecular weight is 457 g/mol. The van der Waals surface area contributed by atoms with Gasteiger partial charge in [-0.2, -0.15) is 0 Å². The van der Waals surface area contributed by atoms with Crippen LogP contribution in [0.4, 0.5) is 10.1 Å². The van der Waals surface area contributed by atoms with Crippen LogP contribution in [-0.4, -0.2) is 23.5 Å². The molecular formula is C28H25FN2O3. The quantitative estimate of drug-likeness (QED) is 0.337. The number of carbonyl (C=O) groups excluding carboxylic acids is 2. The van der Waals surface area contributed by atoms with Crippen molar-refractivity contribution in [2.75, 3.05) is 11.9 Å². The van der Waals surface area contributed by atoms with Crippen LogP contribution >= 0.6 is 0 Å². The number of carbonyl (C=O) groups is 2. The first-order chi connectivity index (χ1) is 16.4. The third-order valence-corrected chi connectivity index (χ3v) is 5.45. The van der Waals surface area contributed by atoms with Crippen LogP contribution in [0.15, 0.2) is 66.7 Å². The molecule has 4 aromatic rings. The van der Waals surface area contributed by atoms with Crippen LogP contribution < -0.4 is 5.32 Å². The van der Waals surface area contributed by atoms with Crippen molar-refractivity contribution in [3.63, 3.8) is 0 Å². The lowest BCUT2D eigenvalue weighted by atomic mass is 9.99. The van der Waals surface area contributed by atoms with Crippen molar-refractivity contribution in [2.45, 2.75) is 27.2 Å². The number of fused-ring (bicyclic) bond motifs is 1. The van der Waals surface area contributed by atoms with Gasteiger partial charge in [-0.25, -0.2) is 14.2 Å². The number of aryl methyl sites for hydroxylation is 2. The molecule has 1 heterocycles. The van der Waals surface area contributed by atoms with Crippen molar-refractivity contribution >= 4 is 28.5 Å². The predicted octanol–water partition coefficient (Wildman–Crippen LogP) is 6.48. The number of amides is 1. The molecule has 0 atom stereocenters. The van der Waals surface area contributed by atoms with Crippen LogP contribution in [0.25, 0.3) is 22.2 Å². The number of hydrogen-bond acceptors (Lipinski definition) is 4. The topological polar surface area (TPSA) is 68.3 Å². The second kappa shape index (κ2) is 9.83. The molecule has 1 amide bonds. The molecule has 0 aliphatic carbocycles. The summed E-state index contributed by atoms with van der Waals surface area (Å²) in [7, 11) is 0. The van der Waals surface area contributed by atoms with Crippen LogP contribution in [-0.2, 0) is 4.74 Å². The van der Waals surface area contributed by atoms with Gasteiger partial charge >= 0.3 is 5.97 Å². The summed E-state index contributed by atoms with van der Waals surface area (Å²) in [5.74, 6) is -1.03. The summed E-state index contributed by atoms with van der Waals surface area (Å²) >= 11 is 0. The maximum atomic E-state index is 13.4. The number of nitrogens with one attached hydrogen (secondary N) is 1. The van der Waals surface area contributed by atoms with Crippen molar-refractivity contribution in [3.8, 4) is 11.3 Å². The van der Waals surface area contributed by atoms with E-state index in [9.17, 15) is 14.0 Å². The molecular weight excluding hydrogens is 431 g/mol. The minimum atomic E-state index is -0.394. The molecule has 3 aromatic carbocycles. The number of benzene rings is 3. The largest absolute Gasteiger partial charge is 0.462 e. The molecule has 0 fully saturated rings. The highest BCUT2D eigenvalue weighted by Crippen LogP contribution is 2.29. The van der Waals surface area contributed by atoms with Crippen molar-refractivity contribution in [1.29, 1.82) is 0 Å². The zero-order valence-corrected chi connectivity index (χ0v) is 19.3. The van der Waals surface area contributed by atoms with E-state index < -0.39 is 5.97 Å². The molecule has 172 valence electrons. The Morgan fingerprint density at radius 1 is 0.971 bits per heavy atom. The van der Waals surface area contributed by atoms with E-state index in [-0.39, 0.29) is 11.7 Å². The standard InChI is InChI=1S/C28H25FN2O3/c1-4-13-34-28(33)20-7-11-22(12-8-20)30-27(32)24-16-25(19-5-9-21(29)10-6-19)31-26-18(3)14-17(2)15-23(24)26/h5-12,14-16H,4,13H2,1-3H3,(H,30,32). The van der Waals surface area contributed by atoms with Gasteiger partial charge in [0, 0.05) is 16.6 Å². The maximum absolute atomic E-state index is 13.4. The molecule has 0 spiro atoms. The number of esters is 1. The lowest BCUT2D eigenvalue weighted by molar-refractivity contribution is 0.0505. The number of anilines is 1. The molecule has 4 rings (SSSR count). The fraction of sp³-hybridized carbons (Fsp3) is 0.179. The monoisotopic (exact) mass is 456 g/mol. The SMILES string of the molecule is CCCOC(=O)c1ccc(NC(=O)c2cc(-c3ccc(F)cc3)nc3c(C)cc(C)cc23)cc1. The smallest absolute Gasteiger partial charge is 0.338 e. The normalized spacial score (nSPS) is 10.8. The molecule has 0 aliphatic heterocycles. The van der Waals surface area contributed by atoms with Crippen molar-refractivity contribution in [1.82, 2.24) is 4.98 Å². The molecule has 1 aromatic heterocycles. The maximum Gasteiger partial charge on any atom is 0.338 e. The van der Waals surface area contributed by atoms with Crippen LogP contribution in [0, 0.1) is 19.7 Å². The summed E-state index contributed by atoms with van der Waals surface area (Å²) in [6.45, 7) is 6.22. The van der Waals surface area contributed by atoms with Gasteiger partial charge in [0.1, 0.15) is 5.82 Å². The number of pyridine rings is 1. The molecule has 0 saturated carbocycles. The Kier molecular flexibility index (Phi) is 6.68. The molecule has 5 nitrogen and oxygen atoms in total. The third-order valence-electron chi connectivity index (χ3n) is 5.45. The molecule has 0 aliphatic rings. The lowest BCUT2D eigenvalue weighted by Gasteiger charge is -2.13. The predicted molar refractivity (Wildman–Crippen MR) is 132 cm³/mol. The van der Waals surface area contributed by atoms with E-state index in [1.807, 2.05) is 32.9 Å². The highest BCUT2D eigenvalue weighted by atomic mass is 19.1. The van der Waals surface area contributed by atoms with Gasteiger partial charge in [-0.15, -0.1) is 0 Å². The van der Waals surface area contributed by atoms with Gasteiger partial charge in [-0.1, -0.05) is 18.6 Å². The Morgan fingerprint density at radius 3 is 2.35 bits per heavy atom. The first-order valence-corrected chi connectivity index (χ1v) is 11.1. The molecule has 0 radical (unpaired) electrons. The molecule has 0 bridgehead atoms. The summed E-state index contributed by atoms with van der Waals surface area (Å²) in [6, 6.07) is 18.3. The summed E-state index contributed by atoms with van der Waals surface area (Å²) < 4.78 is 18.6. The van der Waals surface area contributed by atoms with E-state index in [1.54, 1.807) is 42.5 Å². The van der Waals surface area contributed by atoms with Crippen LogP contribution in [0.2, 0.25) is 0 Å². The Bertz CT molecular complexity index is 1360. The van der Waals surface area contributed by atoms with Gasteiger partial charge in [0.2, 0.25) is 0 Å². The van der Waals surface area contributed by atoms with Crippen LogP contribution in [0.5, 0.6) is 0 Å². The number of halogens is 1. The van der Waals surface area contributed by atoms with Crippen molar-refractivity contribution in [3.05, 3.63) is 94.8 Å². The summed E-state index contributed by atoms with van der Waals surface area (Å²) in [5, 5.41) is 3.64. The Balaban J connectivity index is 1.70. The molecule has 1 N–H and O–H groups in total. The highest BCUT2D eigenvalue weighted by molar-refractivity contribution is 6.13. The summed E-state index contributed by atoms with van der Waals surface area (Å²) in [6.07, 6.45) is 0.749. The van der Waals surface area contributed by atoms with Gasteiger partial charge < -0.3 is 10.1 Å². The lowest BCUT2D eigenvalue weighted by Crippen LogP contribution is -2.14. The third kappa shape index (κ3) is 4.96. The highest BCUT2D eigenvalue weighted by Gasteiger charge is 2.17. The van der Waals surface area contributed by atoms with E-state index in [0.29, 0.717) is 40.2 Å². The fourth-order valence-corrected chi connectivity index (χ4v) is 3.80. The summed E-state index contributed by atoms with van der Waals surface area (Å²) in [5.41, 5.74) is 5.41. The van der Waals surface area contributed by atoms with Crippen molar-refractivity contribution in [2.24, 2.45) is 0 Å². The average Bonchev–Trinajstić information content (AvgIpc) is 2.83. The van der Waals surface area contributed by atoms with E-state index >= 15 is 0 Å². The number of aromatic nitrogens is 1. The zero-order chi connectivity index (χ0) is 24.2. The van der Waals surface area contributed by atoms with Crippen molar-refractivity contribution < 1.29 is 18.7 Å². The number of nitrogens with zero attached hydrogens (tertiary/aromatic N) is 1. The first kappa shape index (κ1) is 23.1. The van der Waals surface area contributed by atoms with E-state index in [4.69, 9.17) is 9.72 Å². The minimum Gasteiger partial charge on any atom is -0.462 e. The molecule has 34 heavy (non-hydrogen) atoms. The molecule has 0 unspecified atom stereocenters. The van der Waals surface area contributed by atoms with Gasteiger partial charge in [-0.3, -0.25) is 4.79 Å². The van der Waals surface area contributed by atoms with E-state index in [0.717, 1.165) is 22.9 Å². The van der Waals surface area contributed by atoms with Crippen LogP contribution in [0.1, 0.15) is 45.2 Å². The summed E-state index contributed by atoms with van der Waals surface area (Å²) in [4.78, 5) is 30.1. The number of rotatable bonds is 6. The second-order valence-electron chi connectivity index (χ2n) is 8.21. The molecule has 6 heteroatoms. The minimum absolute atomic E-state index is 0.304. The van der Waals surface area contributed by atoms with Gasteiger partial charge in [0.15, 0.2) is 0 Å². The van der Waals surface area contributed by atoms with E-state index in [1.165, 1.54) is 12.1 Å². The second-order valence-corrected chi connectivity index (χ2v) is 8.21. The Labute approximate surface area is 197 Å². The van der Waals surface area contributed by atoms with Gasteiger partial charge in [0.05, 0.1) is 28.9 Å². The van der Waals surface area contributed by atoms with Gasteiger partial charge in [0.25, 0.3) is 5.91 Å². The first-order valence-electron chi connectivity index (χ1n) is 11.1. The zero-order valence-electron chi connectivity index (χ0n) is 19.3. The van der Waals surface area contributed by atoms with Gasteiger partial charge in [-0.05, 0) is 86.5 Å². The Morgan fingerprint density at radius 2 is 1.68 bits per heavy atom. The van der Waals surface area contributed by atoms with Crippen LogP contribution in [0.3, 0.4) is 0 Å². The van der Waals surface area contributed by atoms with E-state index in [2.05, 4.69) is 5.32 Å². The fourth-order valence-electron chi connectivity index (χ4n) is 3.80.